The van der Waals surface area contributed by atoms with Crippen molar-refractivity contribution in [2.75, 3.05) is 26.2 Å². The zero-order valence-electron chi connectivity index (χ0n) is 14.9. The molecule has 1 N–H and O–H groups in total. The normalized spacial score (nSPS) is 15.1. The molecule has 7 nitrogen and oxygen atoms in total. The molecule has 0 aromatic heterocycles. The van der Waals surface area contributed by atoms with E-state index in [9.17, 15) is 9.59 Å². The van der Waals surface area contributed by atoms with Crippen molar-refractivity contribution in [3.05, 3.63) is 52.7 Å². The molecule has 3 rings (SSSR count). The van der Waals surface area contributed by atoms with E-state index >= 15 is 0 Å². The summed E-state index contributed by atoms with van der Waals surface area (Å²) in [6, 6.07) is 9.23. The van der Waals surface area contributed by atoms with Gasteiger partial charge in [-0.15, -0.1) is 0 Å². The zero-order chi connectivity index (χ0) is 19.6. The quantitative estimate of drug-likeness (QED) is 0.627. The van der Waals surface area contributed by atoms with E-state index < -0.39 is 11.9 Å². The summed E-state index contributed by atoms with van der Waals surface area (Å²) >= 11 is 5.96. The largest absolute Gasteiger partial charge is 0.496 e. The van der Waals surface area contributed by atoms with Gasteiger partial charge in [-0.3, -0.25) is 4.79 Å². The first kappa shape index (κ1) is 18.6. The summed E-state index contributed by atoms with van der Waals surface area (Å²) in [6.45, 7) is 0. The van der Waals surface area contributed by atoms with Gasteiger partial charge in [0.1, 0.15) is 11.4 Å². The average molecular weight is 389 g/mol. The first-order valence-electron chi connectivity index (χ1n) is 7.91. The average Bonchev–Trinajstić information content (AvgIpc) is 2.94. The van der Waals surface area contributed by atoms with Crippen LogP contribution in [0.15, 0.2) is 42.1 Å². The fourth-order valence-corrected chi connectivity index (χ4v) is 2.89. The maximum atomic E-state index is 12.7. The highest BCUT2D eigenvalue weighted by molar-refractivity contribution is 6.32. The van der Waals surface area contributed by atoms with Crippen LogP contribution in [0, 0.1) is 0 Å². The van der Waals surface area contributed by atoms with E-state index in [1.165, 1.54) is 27.4 Å². The number of nitrogens with one attached hydrogen (secondary N) is 1. The lowest BCUT2D eigenvalue weighted by Crippen LogP contribution is -2.30. The summed E-state index contributed by atoms with van der Waals surface area (Å²) in [5.74, 6) is 0.912. The second kappa shape index (κ2) is 7.59. The Morgan fingerprint density at radius 3 is 2.26 bits per heavy atom. The number of rotatable bonds is 5. The molecule has 0 saturated carbocycles. The number of ether oxygens (including phenoxy) is 3. The van der Waals surface area contributed by atoms with Gasteiger partial charge in [-0.05, 0) is 30.3 Å². The summed E-state index contributed by atoms with van der Waals surface area (Å²) in [5, 5.41) is 2.99. The van der Waals surface area contributed by atoms with E-state index in [1.807, 2.05) is 0 Å². The summed E-state index contributed by atoms with van der Waals surface area (Å²) in [4.78, 5) is 26.1. The molecule has 0 spiro atoms. The topological polar surface area (TPSA) is 77.1 Å². The number of amides is 3. The van der Waals surface area contributed by atoms with Crippen LogP contribution in [0.3, 0.4) is 0 Å². The Morgan fingerprint density at radius 1 is 0.963 bits per heavy atom. The van der Waals surface area contributed by atoms with Crippen molar-refractivity contribution in [3.63, 3.8) is 0 Å². The van der Waals surface area contributed by atoms with Crippen molar-refractivity contribution >= 4 is 35.3 Å². The number of carbonyl (C=O) groups is 2. The van der Waals surface area contributed by atoms with Crippen molar-refractivity contribution in [3.8, 4) is 17.2 Å². The van der Waals surface area contributed by atoms with Crippen LogP contribution in [-0.4, -0.2) is 33.3 Å². The van der Waals surface area contributed by atoms with Crippen LogP contribution in [-0.2, 0) is 4.79 Å². The molecular formula is C19H17ClN2O5. The summed E-state index contributed by atoms with van der Waals surface area (Å²) < 4.78 is 15.9. The van der Waals surface area contributed by atoms with Crippen molar-refractivity contribution in [2.45, 2.75) is 0 Å². The van der Waals surface area contributed by atoms with Gasteiger partial charge in [-0.25, -0.2) is 9.69 Å². The van der Waals surface area contributed by atoms with Crippen LogP contribution < -0.4 is 24.4 Å². The molecule has 0 aliphatic carbocycles. The molecule has 0 unspecified atom stereocenters. The first-order chi connectivity index (χ1) is 13.0. The Labute approximate surface area is 161 Å². The maximum Gasteiger partial charge on any atom is 0.333 e. The number of imide groups is 1. The fourth-order valence-electron chi connectivity index (χ4n) is 2.71. The van der Waals surface area contributed by atoms with Crippen LogP contribution in [0.1, 0.15) is 5.56 Å². The SMILES string of the molecule is COc1cc(OC)c(OC)cc1/C=C1/NC(=O)N(c2cccc(Cl)c2)C1=O. The van der Waals surface area contributed by atoms with E-state index in [4.69, 9.17) is 25.8 Å². The van der Waals surface area contributed by atoms with Gasteiger partial charge in [0.05, 0.1) is 27.0 Å². The molecule has 2 aromatic carbocycles. The molecule has 3 amide bonds. The number of urea groups is 1. The van der Waals surface area contributed by atoms with Gasteiger partial charge in [0.2, 0.25) is 0 Å². The Balaban J connectivity index is 2.01. The lowest BCUT2D eigenvalue weighted by molar-refractivity contribution is -0.113. The number of benzene rings is 2. The molecule has 0 bridgehead atoms. The van der Waals surface area contributed by atoms with Crippen molar-refractivity contribution < 1.29 is 23.8 Å². The molecule has 1 aliphatic rings. The van der Waals surface area contributed by atoms with Gasteiger partial charge in [0.15, 0.2) is 11.5 Å². The highest BCUT2D eigenvalue weighted by Gasteiger charge is 2.35. The predicted octanol–water partition coefficient (Wildman–Crippen LogP) is 3.46. The number of nitrogens with zero attached hydrogens (tertiary/aromatic N) is 1. The molecule has 8 heteroatoms. The third-order valence-corrected chi connectivity index (χ3v) is 4.22. The lowest BCUT2D eigenvalue weighted by Gasteiger charge is -2.13. The Morgan fingerprint density at radius 2 is 1.63 bits per heavy atom. The third kappa shape index (κ3) is 3.54. The van der Waals surface area contributed by atoms with Crippen LogP contribution in [0.5, 0.6) is 17.2 Å². The standard InChI is InChI=1S/C19H17ClN2O5/c1-25-15-10-17(27-3)16(26-2)8-11(15)7-14-18(23)22(19(24)21-14)13-6-4-5-12(20)9-13/h4-10H,1-3H3,(H,21,24)/b14-7+. The van der Waals surface area contributed by atoms with Gasteiger partial charge in [-0.2, -0.15) is 0 Å². The Hall–Kier alpha value is -3.19. The van der Waals surface area contributed by atoms with Crippen LogP contribution >= 0.6 is 11.6 Å². The van der Waals surface area contributed by atoms with Gasteiger partial charge in [0.25, 0.3) is 5.91 Å². The maximum absolute atomic E-state index is 12.7. The number of methoxy groups -OCH3 is 3. The zero-order valence-corrected chi connectivity index (χ0v) is 15.7. The van der Waals surface area contributed by atoms with Gasteiger partial charge >= 0.3 is 6.03 Å². The Bertz CT molecular complexity index is 942. The molecule has 27 heavy (non-hydrogen) atoms. The highest BCUT2D eigenvalue weighted by Crippen LogP contribution is 2.36. The number of halogens is 1. The van der Waals surface area contributed by atoms with Crippen molar-refractivity contribution in [1.29, 1.82) is 0 Å². The molecule has 1 aliphatic heterocycles. The molecular weight excluding hydrogens is 372 g/mol. The summed E-state index contributed by atoms with van der Waals surface area (Å²) in [5.41, 5.74) is 1.03. The van der Waals surface area contributed by atoms with Crippen molar-refractivity contribution in [1.82, 2.24) is 5.32 Å². The van der Waals surface area contributed by atoms with E-state index in [1.54, 1.807) is 36.4 Å². The number of hydrogen-bond donors (Lipinski definition) is 1. The summed E-state index contributed by atoms with van der Waals surface area (Å²) in [7, 11) is 4.51. The molecule has 1 fully saturated rings. The minimum Gasteiger partial charge on any atom is -0.496 e. The smallest absolute Gasteiger partial charge is 0.333 e. The lowest BCUT2D eigenvalue weighted by atomic mass is 10.1. The number of hydrogen-bond acceptors (Lipinski definition) is 5. The molecule has 1 heterocycles. The number of carbonyl (C=O) groups excluding carboxylic acids is 2. The van der Waals surface area contributed by atoms with Crippen molar-refractivity contribution in [2.24, 2.45) is 0 Å². The van der Waals surface area contributed by atoms with Gasteiger partial charge in [-0.1, -0.05) is 17.7 Å². The number of anilines is 1. The minimum atomic E-state index is -0.562. The van der Waals surface area contributed by atoms with Crippen LogP contribution in [0.4, 0.5) is 10.5 Å². The monoisotopic (exact) mass is 388 g/mol. The molecule has 0 radical (unpaired) electrons. The Kier molecular flexibility index (Phi) is 5.23. The molecule has 2 aromatic rings. The van der Waals surface area contributed by atoms with Crippen LogP contribution in [0.25, 0.3) is 6.08 Å². The van der Waals surface area contributed by atoms with E-state index in [-0.39, 0.29) is 5.70 Å². The minimum absolute atomic E-state index is 0.102. The fraction of sp³-hybridized carbons (Fsp3) is 0.158. The molecule has 1 saturated heterocycles. The van der Waals surface area contributed by atoms with Gasteiger partial charge in [0, 0.05) is 16.7 Å². The van der Waals surface area contributed by atoms with Gasteiger partial charge < -0.3 is 19.5 Å². The third-order valence-electron chi connectivity index (χ3n) is 3.98. The second-order valence-electron chi connectivity index (χ2n) is 5.56. The first-order valence-corrected chi connectivity index (χ1v) is 8.29. The highest BCUT2D eigenvalue weighted by atomic mass is 35.5. The van der Waals surface area contributed by atoms with Crippen LogP contribution in [0.2, 0.25) is 5.02 Å². The summed E-state index contributed by atoms with van der Waals surface area (Å²) in [6.07, 6.45) is 1.52. The van der Waals surface area contributed by atoms with E-state index in [2.05, 4.69) is 5.32 Å². The van der Waals surface area contributed by atoms with E-state index in [0.717, 1.165) is 4.90 Å². The molecule has 0 atom stereocenters. The predicted molar refractivity (Wildman–Crippen MR) is 102 cm³/mol. The van der Waals surface area contributed by atoms with E-state index in [0.29, 0.717) is 33.5 Å². The second-order valence-corrected chi connectivity index (χ2v) is 5.99. The molecule has 140 valence electrons.